The molecule has 2 N–H and O–H groups in total. The summed E-state index contributed by atoms with van der Waals surface area (Å²) in [6.45, 7) is 5.24. The fraction of sp³-hybridized carbons (Fsp3) is 0.412. The molecule has 0 fully saturated rings. The first-order chi connectivity index (χ1) is 10.7. The van der Waals surface area contributed by atoms with Crippen LogP contribution < -0.4 is 10.1 Å². The molecule has 6 heteroatoms. The molecule has 0 radical (unpaired) electrons. The predicted octanol–water partition coefficient (Wildman–Crippen LogP) is 2.22. The summed E-state index contributed by atoms with van der Waals surface area (Å²) in [7, 11) is 0. The molecule has 1 aromatic carbocycles. The lowest BCUT2D eigenvalue weighted by Gasteiger charge is -2.22. The van der Waals surface area contributed by atoms with Gasteiger partial charge in [0.1, 0.15) is 24.0 Å². The summed E-state index contributed by atoms with van der Waals surface area (Å²) in [6.07, 6.45) is 4.45. The number of hydrogen-bond acceptors (Lipinski definition) is 4. The third kappa shape index (κ3) is 7.23. The van der Waals surface area contributed by atoms with Crippen LogP contribution >= 0.6 is 0 Å². The lowest BCUT2D eigenvalue weighted by atomic mass is 10.1. The van der Waals surface area contributed by atoms with E-state index in [2.05, 4.69) is 11.2 Å². The Kier molecular flexibility index (Phi) is 6.46. The van der Waals surface area contributed by atoms with E-state index in [9.17, 15) is 14.7 Å². The zero-order valence-corrected chi connectivity index (χ0v) is 13.5. The molecule has 1 amide bonds. The molecular weight excluding hydrogens is 298 g/mol. The van der Waals surface area contributed by atoms with E-state index in [1.807, 2.05) is 0 Å². The van der Waals surface area contributed by atoms with Crippen LogP contribution in [-0.2, 0) is 16.0 Å². The van der Waals surface area contributed by atoms with E-state index in [0.717, 1.165) is 0 Å². The van der Waals surface area contributed by atoms with Crippen LogP contribution in [0.2, 0.25) is 0 Å². The molecule has 0 aliphatic heterocycles. The van der Waals surface area contributed by atoms with Crippen LogP contribution in [0.3, 0.4) is 0 Å². The second kappa shape index (κ2) is 8.08. The van der Waals surface area contributed by atoms with Crippen molar-refractivity contribution in [2.45, 2.75) is 38.8 Å². The van der Waals surface area contributed by atoms with Crippen molar-refractivity contribution in [3.05, 3.63) is 29.8 Å². The smallest absolute Gasteiger partial charge is 0.408 e. The van der Waals surface area contributed by atoms with E-state index in [1.165, 1.54) is 0 Å². The van der Waals surface area contributed by atoms with Gasteiger partial charge in [0, 0.05) is 6.42 Å². The quantitative estimate of drug-likeness (QED) is 0.785. The molecule has 0 aromatic heterocycles. The van der Waals surface area contributed by atoms with Crippen molar-refractivity contribution in [2.24, 2.45) is 0 Å². The Balaban J connectivity index is 2.75. The predicted molar refractivity (Wildman–Crippen MR) is 85.3 cm³/mol. The van der Waals surface area contributed by atoms with Crippen LogP contribution in [0.4, 0.5) is 4.79 Å². The number of hydrogen-bond donors (Lipinski definition) is 2. The zero-order valence-electron chi connectivity index (χ0n) is 13.5. The highest BCUT2D eigenvalue weighted by atomic mass is 16.6. The van der Waals surface area contributed by atoms with Gasteiger partial charge in [0.2, 0.25) is 0 Å². The number of rotatable bonds is 6. The molecule has 0 aliphatic rings. The Morgan fingerprint density at radius 3 is 2.65 bits per heavy atom. The first-order valence-electron chi connectivity index (χ1n) is 7.09. The van der Waals surface area contributed by atoms with Gasteiger partial charge in [-0.3, -0.25) is 0 Å². The van der Waals surface area contributed by atoms with Crippen molar-refractivity contribution in [2.75, 3.05) is 6.61 Å². The maximum atomic E-state index is 11.7. The van der Waals surface area contributed by atoms with E-state index >= 15 is 0 Å². The molecule has 0 bridgehead atoms. The number of carbonyl (C=O) groups is 2. The number of alkyl carbamates (subject to hydrolysis) is 1. The SMILES string of the molecule is C#CCOc1cccc(C[C@H](NC(=O)OC(C)(C)C)C(=O)O)c1. The number of carbonyl (C=O) groups excluding carboxylic acids is 1. The Hall–Kier alpha value is -2.68. The number of terminal acetylenes is 1. The van der Waals surface area contributed by atoms with E-state index in [1.54, 1.807) is 45.0 Å². The van der Waals surface area contributed by atoms with Gasteiger partial charge in [-0.25, -0.2) is 9.59 Å². The Labute approximate surface area is 135 Å². The largest absolute Gasteiger partial charge is 0.481 e. The number of nitrogens with one attached hydrogen (secondary N) is 1. The van der Waals surface area contributed by atoms with Gasteiger partial charge in [-0.05, 0) is 38.5 Å². The van der Waals surface area contributed by atoms with Crippen LogP contribution in [0.25, 0.3) is 0 Å². The van der Waals surface area contributed by atoms with Gasteiger partial charge in [0.25, 0.3) is 0 Å². The van der Waals surface area contributed by atoms with Gasteiger partial charge >= 0.3 is 12.1 Å². The van der Waals surface area contributed by atoms with Crippen molar-refractivity contribution < 1.29 is 24.2 Å². The number of carboxylic acids is 1. The van der Waals surface area contributed by atoms with Gasteiger partial charge in [-0.1, -0.05) is 18.1 Å². The summed E-state index contributed by atoms with van der Waals surface area (Å²) in [6, 6.07) is 5.78. The zero-order chi connectivity index (χ0) is 17.5. The number of carboxylic acid groups (broad SMARTS) is 1. The van der Waals surface area contributed by atoms with Crippen molar-refractivity contribution in [3.8, 4) is 18.1 Å². The minimum atomic E-state index is -1.15. The molecule has 0 unspecified atom stereocenters. The van der Waals surface area contributed by atoms with Crippen LogP contribution in [-0.4, -0.2) is 35.4 Å². The summed E-state index contributed by atoms with van der Waals surface area (Å²) in [5.41, 5.74) is -0.00109. The Morgan fingerprint density at radius 2 is 2.09 bits per heavy atom. The molecule has 1 atom stereocenters. The number of ether oxygens (including phenoxy) is 2. The maximum absolute atomic E-state index is 11.7. The third-order valence-electron chi connectivity index (χ3n) is 2.65. The first-order valence-corrected chi connectivity index (χ1v) is 7.09. The van der Waals surface area contributed by atoms with E-state index in [-0.39, 0.29) is 13.0 Å². The molecule has 1 aromatic rings. The first kappa shape index (κ1) is 18.4. The number of aliphatic carboxylic acids is 1. The Morgan fingerprint density at radius 1 is 1.39 bits per heavy atom. The van der Waals surface area contributed by atoms with Crippen LogP contribution in [0, 0.1) is 12.3 Å². The molecular formula is C17H21NO5. The van der Waals surface area contributed by atoms with Gasteiger partial charge in [-0.15, -0.1) is 6.42 Å². The molecule has 0 saturated carbocycles. The van der Waals surface area contributed by atoms with Crippen molar-refractivity contribution in [1.82, 2.24) is 5.32 Å². The molecule has 0 aliphatic carbocycles. The summed E-state index contributed by atoms with van der Waals surface area (Å²) in [5.74, 6) is 1.75. The number of benzene rings is 1. The normalized spacial score (nSPS) is 11.9. The highest BCUT2D eigenvalue weighted by molar-refractivity contribution is 5.80. The van der Waals surface area contributed by atoms with Crippen molar-refractivity contribution >= 4 is 12.1 Å². The maximum Gasteiger partial charge on any atom is 0.408 e. The monoisotopic (exact) mass is 319 g/mol. The van der Waals surface area contributed by atoms with Gasteiger partial charge < -0.3 is 19.9 Å². The highest BCUT2D eigenvalue weighted by Crippen LogP contribution is 2.15. The second-order valence-electron chi connectivity index (χ2n) is 5.88. The van der Waals surface area contributed by atoms with Gasteiger partial charge in [-0.2, -0.15) is 0 Å². The van der Waals surface area contributed by atoms with Crippen molar-refractivity contribution in [3.63, 3.8) is 0 Å². The molecule has 23 heavy (non-hydrogen) atoms. The summed E-state index contributed by atoms with van der Waals surface area (Å²) < 4.78 is 10.4. The molecule has 0 spiro atoms. The topological polar surface area (TPSA) is 84.9 Å². The summed E-state index contributed by atoms with van der Waals surface area (Å²) in [5, 5.41) is 11.6. The Bertz CT molecular complexity index is 598. The van der Waals surface area contributed by atoms with E-state index < -0.39 is 23.7 Å². The third-order valence-corrected chi connectivity index (χ3v) is 2.65. The minimum absolute atomic E-state index is 0.0990. The van der Waals surface area contributed by atoms with Crippen LogP contribution in [0.1, 0.15) is 26.3 Å². The van der Waals surface area contributed by atoms with Crippen molar-refractivity contribution in [1.29, 1.82) is 0 Å². The average Bonchev–Trinajstić information content (AvgIpc) is 2.42. The number of amides is 1. The van der Waals surface area contributed by atoms with Crippen LogP contribution in [0.15, 0.2) is 24.3 Å². The fourth-order valence-corrected chi connectivity index (χ4v) is 1.77. The summed E-state index contributed by atoms with van der Waals surface area (Å²) in [4.78, 5) is 23.1. The summed E-state index contributed by atoms with van der Waals surface area (Å²) >= 11 is 0. The lowest BCUT2D eigenvalue weighted by molar-refractivity contribution is -0.139. The standard InChI is InChI=1S/C17H21NO5/c1-5-9-22-13-8-6-7-12(10-13)11-14(15(19)20)18-16(21)23-17(2,3)4/h1,6-8,10,14H,9,11H2,2-4H3,(H,18,21)(H,19,20)/t14-/m0/s1. The van der Waals surface area contributed by atoms with Gasteiger partial charge in [0.05, 0.1) is 0 Å². The highest BCUT2D eigenvalue weighted by Gasteiger charge is 2.24. The average molecular weight is 319 g/mol. The minimum Gasteiger partial charge on any atom is -0.481 e. The van der Waals surface area contributed by atoms with Gasteiger partial charge in [0.15, 0.2) is 0 Å². The molecule has 6 nitrogen and oxygen atoms in total. The fourth-order valence-electron chi connectivity index (χ4n) is 1.77. The second-order valence-corrected chi connectivity index (χ2v) is 5.88. The molecule has 0 saturated heterocycles. The molecule has 0 heterocycles. The van der Waals surface area contributed by atoms with E-state index in [0.29, 0.717) is 11.3 Å². The van der Waals surface area contributed by atoms with Crippen LogP contribution in [0.5, 0.6) is 5.75 Å². The lowest BCUT2D eigenvalue weighted by Crippen LogP contribution is -2.44. The van der Waals surface area contributed by atoms with E-state index in [4.69, 9.17) is 15.9 Å². The molecule has 1 rings (SSSR count). The molecule has 124 valence electrons.